The van der Waals surface area contributed by atoms with Gasteiger partial charge in [-0.3, -0.25) is 10.2 Å². The average molecular weight is 578 g/mol. The lowest BCUT2D eigenvalue weighted by atomic mass is 9.97. The quantitative estimate of drug-likeness (QED) is 0.332. The monoisotopic (exact) mass is 577 g/mol. The number of aromatic nitrogens is 5. The Hall–Kier alpha value is -2.61. The van der Waals surface area contributed by atoms with Crippen LogP contribution in [0.4, 0.5) is 0 Å². The molecule has 5 heterocycles. The molecule has 0 spiro atoms. The summed E-state index contributed by atoms with van der Waals surface area (Å²) in [5, 5.41) is 33.9. The summed E-state index contributed by atoms with van der Waals surface area (Å²) in [5.41, 5.74) is 3.18. The van der Waals surface area contributed by atoms with Crippen LogP contribution < -0.4 is 5.43 Å². The Morgan fingerprint density at radius 3 is 2.92 bits per heavy atom. The predicted molar refractivity (Wildman–Crippen MR) is 139 cm³/mol. The van der Waals surface area contributed by atoms with E-state index in [0.717, 1.165) is 31.3 Å². The SMILES string of the molecule is C#Cc1cnc(C(=O)NN2CCC2)c(S[C@H]2O[C@H](CO)[C@H](O)[C@H](n3cc(-c4nc(Cl)cs4)nn3)[C@H]2OC)c1. The molecule has 38 heavy (non-hydrogen) atoms. The number of carbonyl (C=O) groups excluding carboxylic acids is 1. The van der Waals surface area contributed by atoms with Gasteiger partial charge in [0.2, 0.25) is 0 Å². The third-order valence-electron chi connectivity index (χ3n) is 6.20. The zero-order valence-electron chi connectivity index (χ0n) is 20.1. The summed E-state index contributed by atoms with van der Waals surface area (Å²) < 4.78 is 13.3. The number of hydrazine groups is 1. The zero-order chi connectivity index (χ0) is 26.8. The molecule has 0 unspecified atom stereocenters. The molecule has 2 fully saturated rings. The number of amides is 1. The molecule has 2 aliphatic heterocycles. The molecule has 0 aliphatic carbocycles. The number of ether oxygens (including phenoxy) is 2. The Morgan fingerprint density at radius 2 is 2.29 bits per heavy atom. The molecule has 200 valence electrons. The first-order valence-electron chi connectivity index (χ1n) is 11.6. The summed E-state index contributed by atoms with van der Waals surface area (Å²) in [6.07, 6.45) is 6.76. The Bertz CT molecular complexity index is 1340. The molecule has 5 atom stereocenters. The van der Waals surface area contributed by atoms with E-state index in [1.807, 2.05) is 0 Å². The lowest BCUT2D eigenvalue weighted by Crippen LogP contribution is -2.55. The summed E-state index contributed by atoms with van der Waals surface area (Å²) in [4.78, 5) is 22.0. The summed E-state index contributed by atoms with van der Waals surface area (Å²) in [6.45, 7) is 1.07. The first kappa shape index (κ1) is 27.0. The number of carbonyl (C=O) groups is 1. The van der Waals surface area contributed by atoms with Crippen molar-refractivity contribution in [3.05, 3.63) is 40.3 Å². The molecule has 5 rings (SSSR count). The lowest BCUT2D eigenvalue weighted by molar-refractivity contribution is -0.186. The predicted octanol–water partition coefficient (Wildman–Crippen LogP) is 1.21. The molecule has 1 amide bonds. The third kappa shape index (κ3) is 5.42. The minimum atomic E-state index is -1.18. The fraction of sp³-hybridized carbons (Fsp3) is 0.435. The van der Waals surface area contributed by atoms with Gasteiger partial charge in [0, 0.05) is 42.2 Å². The lowest BCUT2D eigenvalue weighted by Gasteiger charge is -2.43. The van der Waals surface area contributed by atoms with Crippen LogP contribution in [-0.4, -0.2) is 96.6 Å². The molecule has 0 radical (unpaired) electrons. The molecular weight excluding hydrogens is 554 g/mol. The molecule has 2 saturated heterocycles. The summed E-state index contributed by atoms with van der Waals surface area (Å²) in [7, 11) is 1.48. The van der Waals surface area contributed by atoms with Gasteiger partial charge in [-0.25, -0.2) is 19.7 Å². The fourth-order valence-corrected chi connectivity index (χ4v) is 6.34. The fourth-order valence-electron chi connectivity index (χ4n) is 4.13. The van der Waals surface area contributed by atoms with Gasteiger partial charge in [-0.1, -0.05) is 34.5 Å². The van der Waals surface area contributed by atoms with Gasteiger partial charge >= 0.3 is 0 Å². The van der Waals surface area contributed by atoms with Crippen LogP contribution in [0.1, 0.15) is 28.5 Å². The van der Waals surface area contributed by atoms with Crippen molar-refractivity contribution in [1.29, 1.82) is 0 Å². The van der Waals surface area contributed by atoms with Crippen molar-refractivity contribution in [2.45, 2.75) is 41.1 Å². The maximum atomic E-state index is 13.0. The van der Waals surface area contributed by atoms with Crippen LogP contribution in [0.2, 0.25) is 5.15 Å². The summed E-state index contributed by atoms with van der Waals surface area (Å²) in [5.74, 6) is 2.16. The number of thioether (sulfide) groups is 1. The molecule has 3 aromatic rings. The number of thiazole rings is 1. The number of hydrogen-bond acceptors (Lipinski definition) is 12. The number of terminal acetylenes is 1. The first-order chi connectivity index (χ1) is 18.4. The van der Waals surface area contributed by atoms with E-state index < -0.39 is 36.4 Å². The number of nitrogens with zero attached hydrogens (tertiary/aromatic N) is 6. The van der Waals surface area contributed by atoms with Crippen molar-refractivity contribution >= 4 is 40.6 Å². The van der Waals surface area contributed by atoms with Crippen molar-refractivity contribution in [3.63, 3.8) is 0 Å². The highest BCUT2D eigenvalue weighted by atomic mass is 35.5. The standard InChI is InChI=1S/C23H24ClN7O5S2/c1-3-12-7-15(17(25-8-12)21(34)28-30-5-4-6-30)38-23-20(35-2)18(19(33)14(10-32)36-23)31-9-13(27-29-31)22-26-16(24)11-37-22/h1,7-9,11,14,18-20,23,32-33H,4-6,10H2,2H3,(H,28,34)/t14-,18+,19+,20-,23-/m1/s1. The van der Waals surface area contributed by atoms with Gasteiger partial charge in [0.25, 0.3) is 5.91 Å². The van der Waals surface area contributed by atoms with Crippen molar-refractivity contribution in [2.24, 2.45) is 0 Å². The average Bonchev–Trinajstić information content (AvgIpc) is 3.55. The Kier molecular flexibility index (Phi) is 8.26. The van der Waals surface area contributed by atoms with E-state index >= 15 is 0 Å². The van der Waals surface area contributed by atoms with Gasteiger partial charge in [-0.2, -0.15) is 0 Å². The topological polar surface area (TPSA) is 148 Å². The van der Waals surface area contributed by atoms with Crippen LogP contribution in [0.5, 0.6) is 0 Å². The maximum absolute atomic E-state index is 13.0. The number of hydrogen-bond donors (Lipinski definition) is 3. The van der Waals surface area contributed by atoms with Crippen LogP contribution in [0.25, 0.3) is 10.7 Å². The van der Waals surface area contributed by atoms with E-state index in [0.29, 0.717) is 26.3 Å². The van der Waals surface area contributed by atoms with Gasteiger partial charge in [0.15, 0.2) is 0 Å². The van der Waals surface area contributed by atoms with Crippen LogP contribution in [0.15, 0.2) is 28.7 Å². The molecule has 12 nitrogen and oxygen atoms in total. The van der Waals surface area contributed by atoms with E-state index in [1.165, 1.54) is 29.3 Å². The van der Waals surface area contributed by atoms with E-state index in [2.05, 4.69) is 31.6 Å². The number of aliphatic hydroxyl groups is 2. The van der Waals surface area contributed by atoms with Crippen LogP contribution in [0, 0.1) is 12.3 Å². The normalized spacial score (nSPS) is 25.5. The molecule has 0 saturated carbocycles. The molecule has 3 aromatic heterocycles. The van der Waals surface area contributed by atoms with Gasteiger partial charge < -0.3 is 19.7 Å². The molecule has 3 N–H and O–H groups in total. The second-order valence-electron chi connectivity index (χ2n) is 8.58. The highest BCUT2D eigenvalue weighted by Gasteiger charge is 2.48. The maximum Gasteiger partial charge on any atom is 0.285 e. The van der Waals surface area contributed by atoms with Gasteiger partial charge in [-0.15, -0.1) is 22.9 Å². The number of nitrogens with one attached hydrogen (secondary N) is 1. The largest absolute Gasteiger partial charge is 0.394 e. The second kappa shape index (κ2) is 11.6. The van der Waals surface area contributed by atoms with E-state index in [4.69, 9.17) is 27.5 Å². The van der Waals surface area contributed by atoms with Gasteiger partial charge in [0.05, 0.1) is 12.8 Å². The second-order valence-corrected chi connectivity index (χ2v) is 11.0. The minimum absolute atomic E-state index is 0.172. The summed E-state index contributed by atoms with van der Waals surface area (Å²) in [6, 6.07) is 0.884. The number of methoxy groups -OCH3 is 1. The number of halogens is 1. The smallest absolute Gasteiger partial charge is 0.285 e. The Balaban J connectivity index is 1.46. The summed E-state index contributed by atoms with van der Waals surface area (Å²) >= 11 is 8.43. The third-order valence-corrected chi connectivity index (χ3v) is 8.57. The zero-order valence-corrected chi connectivity index (χ0v) is 22.5. The van der Waals surface area contributed by atoms with Crippen LogP contribution in [-0.2, 0) is 9.47 Å². The van der Waals surface area contributed by atoms with Gasteiger partial charge in [-0.05, 0) is 12.5 Å². The van der Waals surface area contributed by atoms with Crippen molar-refractivity contribution in [2.75, 3.05) is 26.8 Å². The molecular formula is C23H24ClN7O5S2. The highest BCUT2D eigenvalue weighted by Crippen LogP contribution is 2.40. The number of rotatable bonds is 8. The molecule has 0 aromatic carbocycles. The Labute approximate surface area is 231 Å². The van der Waals surface area contributed by atoms with Crippen LogP contribution >= 0.6 is 34.7 Å². The number of pyridine rings is 1. The Morgan fingerprint density at radius 1 is 1.47 bits per heavy atom. The van der Waals surface area contributed by atoms with Crippen LogP contribution in [0.3, 0.4) is 0 Å². The molecule has 2 aliphatic rings. The highest BCUT2D eigenvalue weighted by molar-refractivity contribution is 8.00. The molecule has 15 heteroatoms. The first-order valence-corrected chi connectivity index (χ1v) is 13.7. The number of aliphatic hydroxyl groups excluding tert-OH is 2. The van der Waals surface area contributed by atoms with Crippen molar-refractivity contribution < 1.29 is 24.5 Å². The van der Waals surface area contributed by atoms with E-state index in [1.54, 1.807) is 22.7 Å². The van der Waals surface area contributed by atoms with E-state index in [-0.39, 0.29) is 11.6 Å². The minimum Gasteiger partial charge on any atom is -0.394 e. The van der Waals surface area contributed by atoms with Gasteiger partial charge in [0.1, 0.15) is 51.3 Å². The van der Waals surface area contributed by atoms with Crippen molar-refractivity contribution in [1.82, 2.24) is 35.4 Å². The van der Waals surface area contributed by atoms with Crippen molar-refractivity contribution in [3.8, 4) is 23.0 Å². The van der Waals surface area contributed by atoms with E-state index in [9.17, 15) is 15.0 Å². The molecule has 0 bridgehead atoms.